The molecule has 0 fully saturated rings. The van der Waals surface area contributed by atoms with E-state index in [0.29, 0.717) is 12.5 Å². The number of carbonyl (C=O) groups excluding carboxylic acids is 1. The van der Waals surface area contributed by atoms with Crippen molar-refractivity contribution in [3.63, 3.8) is 0 Å². The van der Waals surface area contributed by atoms with Gasteiger partial charge >= 0.3 is 0 Å². The first kappa shape index (κ1) is 12.2. The Morgan fingerprint density at radius 2 is 2.13 bits per heavy atom. The molecule has 0 saturated carbocycles. The lowest BCUT2D eigenvalue weighted by molar-refractivity contribution is 0.0944. The molecular formula is C9H11Cl2N3O. The third-order valence-corrected chi connectivity index (χ3v) is 1.93. The molecule has 82 valence electrons. The molecule has 1 amide bonds. The maximum Gasteiger partial charge on any atom is 0.270 e. The van der Waals surface area contributed by atoms with E-state index in [9.17, 15) is 4.79 Å². The van der Waals surface area contributed by atoms with Crippen LogP contribution in [0.1, 0.15) is 24.3 Å². The zero-order valence-corrected chi connectivity index (χ0v) is 9.93. The summed E-state index contributed by atoms with van der Waals surface area (Å²) in [6.07, 6.45) is 0. The molecule has 0 radical (unpaired) electrons. The maximum absolute atomic E-state index is 11.5. The van der Waals surface area contributed by atoms with Gasteiger partial charge in [-0.2, -0.15) is 0 Å². The second-order valence-corrected chi connectivity index (χ2v) is 4.17. The summed E-state index contributed by atoms with van der Waals surface area (Å²) in [5.41, 5.74) is 0.181. The van der Waals surface area contributed by atoms with Gasteiger partial charge in [-0.15, -0.1) is 0 Å². The van der Waals surface area contributed by atoms with Crippen LogP contribution >= 0.6 is 23.2 Å². The Labute approximate surface area is 98.0 Å². The van der Waals surface area contributed by atoms with Crippen molar-refractivity contribution in [3.8, 4) is 0 Å². The number of hydrogen-bond acceptors (Lipinski definition) is 3. The van der Waals surface area contributed by atoms with Crippen molar-refractivity contribution < 1.29 is 4.79 Å². The van der Waals surface area contributed by atoms with Crippen LogP contribution in [-0.4, -0.2) is 22.4 Å². The van der Waals surface area contributed by atoms with E-state index in [1.54, 1.807) is 0 Å². The highest BCUT2D eigenvalue weighted by molar-refractivity contribution is 6.32. The topological polar surface area (TPSA) is 54.9 Å². The second kappa shape index (κ2) is 5.28. The van der Waals surface area contributed by atoms with E-state index >= 15 is 0 Å². The number of aromatic nitrogens is 2. The van der Waals surface area contributed by atoms with Crippen LogP contribution in [0.15, 0.2) is 6.07 Å². The van der Waals surface area contributed by atoms with Crippen LogP contribution in [0.2, 0.25) is 10.4 Å². The molecule has 1 rings (SSSR count). The summed E-state index contributed by atoms with van der Waals surface area (Å²) in [5, 5.41) is 2.83. The summed E-state index contributed by atoms with van der Waals surface area (Å²) >= 11 is 11.2. The van der Waals surface area contributed by atoms with E-state index in [0.717, 1.165) is 0 Å². The number of halogens is 2. The first-order valence-corrected chi connectivity index (χ1v) is 5.23. The van der Waals surface area contributed by atoms with Gasteiger partial charge in [0, 0.05) is 12.6 Å². The Hall–Kier alpha value is -0.870. The number of amides is 1. The third kappa shape index (κ3) is 4.01. The standard InChI is InChI=1S/C9H11Cl2N3O/c1-5(2)4-12-8(15)6-3-7(10)14-9(11)13-6/h3,5H,4H2,1-2H3,(H,12,15). The normalized spacial score (nSPS) is 10.5. The fraction of sp³-hybridized carbons (Fsp3) is 0.444. The smallest absolute Gasteiger partial charge is 0.270 e. The summed E-state index contributed by atoms with van der Waals surface area (Å²) in [5.74, 6) is 0.0802. The van der Waals surface area contributed by atoms with Gasteiger partial charge in [-0.1, -0.05) is 25.4 Å². The van der Waals surface area contributed by atoms with Gasteiger partial charge < -0.3 is 5.32 Å². The number of nitrogens with zero attached hydrogens (tertiary/aromatic N) is 2. The average Bonchev–Trinajstić information content (AvgIpc) is 2.12. The average molecular weight is 248 g/mol. The Balaban J connectivity index is 2.73. The van der Waals surface area contributed by atoms with Gasteiger partial charge in [0.25, 0.3) is 5.91 Å². The Bertz CT molecular complexity index is 348. The van der Waals surface area contributed by atoms with Crippen molar-refractivity contribution in [2.45, 2.75) is 13.8 Å². The monoisotopic (exact) mass is 247 g/mol. The largest absolute Gasteiger partial charge is 0.350 e. The minimum atomic E-state index is -0.296. The van der Waals surface area contributed by atoms with E-state index in [1.807, 2.05) is 13.8 Å². The zero-order chi connectivity index (χ0) is 11.4. The summed E-state index contributed by atoms with van der Waals surface area (Å²) in [4.78, 5) is 19.0. The molecule has 0 atom stereocenters. The Kier molecular flexibility index (Phi) is 4.29. The Morgan fingerprint density at radius 1 is 1.47 bits per heavy atom. The van der Waals surface area contributed by atoms with Gasteiger partial charge in [0.1, 0.15) is 10.8 Å². The molecule has 0 aliphatic rings. The summed E-state index contributed by atoms with van der Waals surface area (Å²) < 4.78 is 0. The molecule has 6 heteroatoms. The van der Waals surface area contributed by atoms with E-state index < -0.39 is 0 Å². The van der Waals surface area contributed by atoms with Crippen molar-refractivity contribution in [1.82, 2.24) is 15.3 Å². The lowest BCUT2D eigenvalue weighted by Gasteiger charge is -2.06. The molecular weight excluding hydrogens is 237 g/mol. The maximum atomic E-state index is 11.5. The molecule has 0 aliphatic heterocycles. The van der Waals surface area contributed by atoms with Gasteiger partial charge in [0.15, 0.2) is 0 Å². The van der Waals surface area contributed by atoms with E-state index in [4.69, 9.17) is 23.2 Å². The van der Waals surface area contributed by atoms with Crippen LogP contribution in [0, 0.1) is 5.92 Å². The second-order valence-electron chi connectivity index (χ2n) is 3.45. The predicted octanol–water partition coefficient (Wildman–Crippen LogP) is 2.17. The van der Waals surface area contributed by atoms with Gasteiger partial charge in [0.05, 0.1) is 0 Å². The van der Waals surface area contributed by atoms with Crippen molar-refractivity contribution in [1.29, 1.82) is 0 Å². The van der Waals surface area contributed by atoms with Crippen molar-refractivity contribution in [3.05, 3.63) is 22.2 Å². The van der Waals surface area contributed by atoms with Gasteiger partial charge in [0.2, 0.25) is 5.28 Å². The quantitative estimate of drug-likeness (QED) is 0.658. The third-order valence-electron chi connectivity index (χ3n) is 1.57. The first-order valence-electron chi connectivity index (χ1n) is 4.47. The molecule has 1 heterocycles. The zero-order valence-electron chi connectivity index (χ0n) is 8.42. The highest BCUT2D eigenvalue weighted by Crippen LogP contribution is 2.10. The summed E-state index contributed by atoms with van der Waals surface area (Å²) in [7, 11) is 0. The summed E-state index contributed by atoms with van der Waals surface area (Å²) in [6, 6.07) is 1.38. The molecule has 0 unspecified atom stereocenters. The molecule has 0 aliphatic carbocycles. The minimum absolute atomic E-state index is 0.0304. The molecule has 4 nitrogen and oxygen atoms in total. The van der Waals surface area contributed by atoms with Crippen molar-refractivity contribution in [2.75, 3.05) is 6.54 Å². The van der Waals surface area contributed by atoms with Crippen LogP contribution in [0.25, 0.3) is 0 Å². The highest BCUT2D eigenvalue weighted by atomic mass is 35.5. The number of rotatable bonds is 3. The number of carbonyl (C=O) groups is 1. The van der Waals surface area contributed by atoms with E-state index in [-0.39, 0.29) is 22.0 Å². The predicted molar refractivity (Wildman–Crippen MR) is 59.2 cm³/mol. The van der Waals surface area contributed by atoms with Crippen LogP contribution in [-0.2, 0) is 0 Å². The van der Waals surface area contributed by atoms with Gasteiger partial charge in [-0.3, -0.25) is 4.79 Å². The van der Waals surface area contributed by atoms with E-state index in [2.05, 4.69) is 15.3 Å². The molecule has 1 aromatic heterocycles. The molecule has 0 bridgehead atoms. The SMILES string of the molecule is CC(C)CNC(=O)c1cc(Cl)nc(Cl)n1. The van der Waals surface area contributed by atoms with Crippen LogP contribution < -0.4 is 5.32 Å². The summed E-state index contributed by atoms with van der Waals surface area (Å²) in [6.45, 7) is 4.58. The number of nitrogens with one attached hydrogen (secondary N) is 1. The molecule has 0 aromatic carbocycles. The molecule has 1 N–H and O–H groups in total. The minimum Gasteiger partial charge on any atom is -0.350 e. The molecule has 0 spiro atoms. The fourth-order valence-electron chi connectivity index (χ4n) is 0.894. The highest BCUT2D eigenvalue weighted by Gasteiger charge is 2.10. The lowest BCUT2D eigenvalue weighted by atomic mass is 10.2. The van der Waals surface area contributed by atoms with Crippen LogP contribution in [0.5, 0.6) is 0 Å². The van der Waals surface area contributed by atoms with Crippen molar-refractivity contribution in [2.24, 2.45) is 5.92 Å². The molecule has 0 saturated heterocycles. The van der Waals surface area contributed by atoms with Gasteiger partial charge in [-0.05, 0) is 17.5 Å². The Morgan fingerprint density at radius 3 is 2.67 bits per heavy atom. The van der Waals surface area contributed by atoms with Gasteiger partial charge in [-0.25, -0.2) is 9.97 Å². The molecule has 15 heavy (non-hydrogen) atoms. The van der Waals surface area contributed by atoms with Crippen LogP contribution in [0.4, 0.5) is 0 Å². The fourth-order valence-corrected chi connectivity index (χ4v) is 1.30. The van der Waals surface area contributed by atoms with Crippen LogP contribution in [0.3, 0.4) is 0 Å². The van der Waals surface area contributed by atoms with Crippen molar-refractivity contribution >= 4 is 29.1 Å². The molecule has 1 aromatic rings. The first-order chi connectivity index (χ1) is 6.99. The lowest BCUT2D eigenvalue weighted by Crippen LogP contribution is -2.28. The van der Waals surface area contributed by atoms with E-state index in [1.165, 1.54) is 6.07 Å². The number of hydrogen-bond donors (Lipinski definition) is 1.